The molecule has 2 unspecified atom stereocenters. The van der Waals surface area contributed by atoms with E-state index >= 15 is 0 Å². The summed E-state index contributed by atoms with van der Waals surface area (Å²) in [4.78, 5) is 40.6. The highest BCUT2D eigenvalue weighted by atomic mass is 16.2. The van der Waals surface area contributed by atoms with Gasteiger partial charge in [-0.25, -0.2) is 19.4 Å². The average Bonchev–Trinajstić information content (AvgIpc) is 3.65. The van der Waals surface area contributed by atoms with Crippen LogP contribution in [0.3, 0.4) is 0 Å². The van der Waals surface area contributed by atoms with E-state index in [2.05, 4.69) is 58.4 Å². The van der Waals surface area contributed by atoms with E-state index in [9.17, 15) is 9.59 Å². The molecule has 2 saturated heterocycles. The van der Waals surface area contributed by atoms with Crippen LogP contribution in [0.1, 0.15) is 85.0 Å². The summed E-state index contributed by atoms with van der Waals surface area (Å²) in [6.07, 6.45) is 4.89. The minimum Gasteiger partial charge on any atom is -0.333 e. The van der Waals surface area contributed by atoms with E-state index < -0.39 is 0 Å². The lowest BCUT2D eigenvalue weighted by Crippen LogP contribution is -2.46. The highest BCUT2D eigenvalue weighted by Crippen LogP contribution is 2.41. The minimum atomic E-state index is -0.322. The molecule has 3 amide bonds. The van der Waals surface area contributed by atoms with Gasteiger partial charge in [-0.2, -0.15) is 5.10 Å². The number of carbonyl (C=O) groups excluding carboxylic acids is 2. The Morgan fingerprint density at radius 3 is 2.19 bits per heavy atom. The summed E-state index contributed by atoms with van der Waals surface area (Å²) in [6, 6.07) is 28.1. The molecule has 2 fully saturated rings. The summed E-state index contributed by atoms with van der Waals surface area (Å²) in [5, 5.41) is 10.9. The number of anilines is 4. The van der Waals surface area contributed by atoms with Crippen molar-refractivity contribution in [3.05, 3.63) is 119 Å². The summed E-state index contributed by atoms with van der Waals surface area (Å²) >= 11 is 0. The third kappa shape index (κ3) is 7.96. The van der Waals surface area contributed by atoms with Crippen molar-refractivity contribution in [1.82, 2.24) is 24.6 Å². The molecule has 0 spiro atoms. The van der Waals surface area contributed by atoms with Gasteiger partial charge in [0.2, 0.25) is 5.95 Å². The number of amides is 3. The zero-order valence-corrected chi connectivity index (χ0v) is 31.9. The van der Waals surface area contributed by atoms with Gasteiger partial charge in [0.25, 0.3) is 5.91 Å². The summed E-state index contributed by atoms with van der Waals surface area (Å²) in [5.41, 5.74) is 8.07. The average molecular weight is 711 g/mol. The van der Waals surface area contributed by atoms with E-state index in [4.69, 9.17) is 5.10 Å². The molecule has 0 aliphatic carbocycles. The van der Waals surface area contributed by atoms with Crippen LogP contribution < -0.4 is 15.5 Å². The van der Waals surface area contributed by atoms with E-state index in [0.717, 1.165) is 71.8 Å². The number of rotatable bonds is 8. The molecule has 5 aromatic rings. The third-order valence-electron chi connectivity index (χ3n) is 10.5. The lowest BCUT2D eigenvalue weighted by molar-refractivity contribution is 0.0524. The monoisotopic (exact) mass is 710 g/mol. The lowest BCUT2D eigenvalue weighted by atomic mass is 9.85. The number of piperidine rings is 1. The van der Waals surface area contributed by atoms with Gasteiger partial charge in [0.05, 0.1) is 11.4 Å². The van der Waals surface area contributed by atoms with Crippen molar-refractivity contribution < 1.29 is 9.59 Å². The van der Waals surface area contributed by atoms with Gasteiger partial charge in [-0.15, -0.1) is 0 Å². The first kappa shape index (κ1) is 35.9. The Labute approximate surface area is 312 Å². The molecule has 2 aliphatic rings. The van der Waals surface area contributed by atoms with Gasteiger partial charge in [-0.3, -0.25) is 10.1 Å². The molecule has 4 heterocycles. The Kier molecular flexibility index (Phi) is 9.81. The van der Waals surface area contributed by atoms with E-state index in [0.29, 0.717) is 23.2 Å². The van der Waals surface area contributed by atoms with Crippen molar-refractivity contribution in [3.8, 4) is 5.69 Å². The minimum absolute atomic E-state index is 0.100. The number of hydrogen-bond donors (Lipinski definition) is 2. The number of hydrogen-bond acceptors (Lipinski definition) is 6. The van der Waals surface area contributed by atoms with E-state index in [1.807, 2.05) is 106 Å². The second-order valence-electron chi connectivity index (χ2n) is 15.9. The van der Waals surface area contributed by atoms with Crippen LogP contribution in [0.4, 0.5) is 27.9 Å². The Bertz CT molecular complexity index is 2100. The van der Waals surface area contributed by atoms with E-state index in [-0.39, 0.29) is 29.4 Å². The van der Waals surface area contributed by atoms with E-state index in [1.165, 1.54) is 5.56 Å². The fourth-order valence-corrected chi connectivity index (χ4v) is 7.86. The van der Waals surface area contributed by atoms with Crippen LogP contribution in [0.25, 0.3) is 5.69 Å². The van der Waals surface area contributed by atoms with Crippen LogP contribution in [0, 0.1) is 26.7 Å². The molecule has 2 N–H and O–H groups in total. The highest BCUT2D eigenvalue weighted by Gasteiger charge is 2.43. The zero-order valence-electron chi connectivity index (χ0n) is 31.9. The smallest absolute Gasteiger partial charge is 0.324 e. The maximum Gasteiger partial charge on any atom is 0.324 e. The predicted octanol–water partition coefficient (Wildman–Crippen LogP) is 8.92. The molecule has 2 atom stereocenters. The molecule has 10 heteroatoms. The SMILES string of the molecule is Cc1ccc(-n2nc(C(C)(C)C)cc2NC(=O)Nc2cccc(CC3CC4CCC(C3)N4C(=O)c3cccc(N(C)c4nc(C)cc(C)n4)c3)c2)cc1. The fourth-order valence-electron chi connectivity index (χ4n) is 7.86. The molecule has 53 heavy (non-hydrogen) atoms. The van der Waals surface area contributed by atoms with Crippen molar-refractivity contribution >= 4 is 35.1 Å². The van der Waals surface area contributed by atoms with Crippen LogP contribution in [0.5, 0.6) is 0 Å². The van der Waals surface area contributed by atoms with Crippen LogP contribution >= 0.6 is 0 Å². The summed E-state index contributed by atoms with van der Waals surface area (Å²) in [6.45, 7) is 12.3. The summed E-state index contributed by atoms with van der Waals surface area (Å²) < 4.78 is 1.79. The first-order valence-electron chi connectivity index (χ1n) is 18.6. The highest BCUT2D eigenvalue weighted by molar-refractivity contribution is 5.99. The van der Waals surface area contributed by atoms with Crippen LogP contribution in [0.15, 0.2) is 84.9 Å². The van der Waals surface area contributed by atoms with Crippen molar-refractivity contribution in [2.45, 2.75) is 91.1 Å². The number of nitrogens with zero attached hydrogens (tertiary/aromatic N) is 6. The lowest BCUT2D eigenvalue weighted by Gasteiger charge is -2.39. The Hall–Kier alpha value is -5.51. The Morgan fingerprint density at radius 2 is 1.51 bits per heavy atom. The summed E-state index contributed by atoms with van der Waals surface area (Å²) in [5.74, 6) is 1.79. The van der Waals surface area contributed by atoms with Gasteiger partial charge >= 0.3 is 6.03 Å². The Morgan fingerprint density at radius 1 is 0.830 bits per heavy atom. The molecule has 2 bridgehead atoms. The number of carbonyl (C=O) groups is 2. The normalized spacial score (nSPS) is 18.2. The standard InChI is InChI=1S/C43H50N8O2/c1-27-14-16-34(17-15-27)51-39(26-38(48-51)43(4,5)6)47-42(53)46-33-12-8-10-30(22-33)21-31-23-36-18-19-37(24-31)50(36)40(52)32-11-9-13-35(25-32)49(7)41-44-28(2)20-29(3)45-41/h8-17,20,22,25-26,31,36-37H,18-19,21,23-24H2,1-7H3,(H2,46,47,53). The number of aryl methyl sites for hydroxylation is 3. The zero-order chi connectivity index (χ0) is 37.4. The molecular formula is C43H50N8O2. The molecule has 7 rings (SSSR count). The summed E-state index contributed by atoms with van der Waals surface area (Å²) in [7, 11) is 1.94. The first-order valence-corrected chi connectivity index (χ1v) is 18.6. The number of benzene rings is 3. The number of urea groups is 1. The number of nitrogens with one attached hydrogen (secondary N) is 2. The molecular weight excluding hydrogens is 661 g/mol. The van der Waals surface area contributed by atoms with Crippen LogP contribution in [-0.2, 0) is 11.8 Å². The van der Waals surface area contributed by atoms with Gasteiger partial charge in [0, 0.05) is 58.9 Å². The molecule has 10 nitrogen and oxygen atoms in total. The van der Waals surface area contributed by atoms with Gasteiger partial charge in [-0.1, -0.05) is 56.7 Å². The second kappa shape index (κ2) is 14.5. The molecule has 274 valence electrons. The molecule has 2 aromatic heterocycles. The Balaban J connectivity index is 0.991. The molecule has 2 aliphatic heterocycles. The van der Waals surface area contributed by atoms with Crippen molar-refractivity contribution in [2.24, 2.45) is 5.92 Å². The molecule has 0 saturated carbocycles. The van der Waals surface area contributed by atoms with Crippen molar-refractivity contribution in [2.75, 3.05) is 22.6 Å². The van der Waals surface area contributed by atoms with Gasteiger partial charge in [-0.05, 0) is 113 Å². The van der Waals surface area contributed by atoms with Crippen molar-refractivity contribution in [1.29, 1.82) is 0 Å². The molecule has 0 radical (unpaired) electrons. The topological polar surface area (TPSA) is 108 Å². The van der Waals surface area contributed by atoms with E-state index in [1.54, 1.807) is 4.68 Å². The maximum atomic E-state index is 14.0. The fraction of sp³-hybridized carbons (Fsp3) is 0.372. The van der Waals surface area contributed by atoms with Gasteiger partial charge in [0.15, 0.2) is 0 Å². The molecule has 3 aromatic carbocycles. The maximum absolute atomic E-state index is 14.0. The quantitative estimate of drug-likeness (QED) is 0.167. The van der Waals surface area contributed by atoms with Crippen LogP contribution in [0.2, 0.25) is 0 Å². The largest absolute Gasteiger partial charge is 0.333 e. The predicted molar refractivity (Wildman–Crippen MR) is 212 cm³/mol. The van der Waals surface area contributed by atoms with Gasteiger partial charge in [0.1, 0.15) is 5.82 Å². The number of fused-ring (bicyclic) bond motifs is 2. The number of aromatic nitrogens is 4. The van der Waals surface area contributed by atoms with Crippen LogP contribution in [-0.4, -0.2) is 55.7 Å². The second-order valence-corrected chi connectivity index (χ2v) is 15.9. The van der Waals surface area contributed by atoms with Crippen molar-refractivity contribution in [3.63, 3.8) is 0 Å². The van der Waals surface area contributed by atoms with Gasteiger partial charge < -0.3 is 15.1 Å². The third-order valence-corrected chi connectivity index (χ3v) is 10.5. The first-order chi connectivity index (χ1) is 25.3.